The van der Waals surface area contributed by atoms with Crippen LogP contribution in [0.2, 0.25) is 0 Å². The summed E-state index contributed by atoms with van der Waals surface area (Å²) in [6.45, 7) is 2.59. The maximum absolute atomic E-state index is 14.3. The van der Waals surface area contributed by atoms with Crippen LogP contribution in [-0.4, -0.2) is 43.6 Å². The Balaban J connectivity index is 1.08. The molecule has 0 bridgehead atoms. The van der Waals surface area contributed by atoms with Crippen LogP contribution in [0, 0.1) is 5.92 Å². The third-order valence-electron chi connectivity index (χ3n) is 10.2. The summed E-state index contributed by atoms with van der Waals surface area (Å²) >= 11 is 0. The number of allylic oxidation sites excluding steroid dienone is 1. The number of rotatable bonds is 11. The van der Waals surface area contributed by atoms with Crippen LogP contribution in [0.3, 0.4) is 0 Å². The number of anilines is 3. The zero-order valence-corrected chi connectivity index (χ0v) is 28.1. The predicted octanol–water partition coefficient (Wildman–Crippen LogP) is 6.86. The molecule has 2 N–H and O–H groups in total. The van der Waals surface area contributed by atoms with Crippen molar-refractivity contribution in [2.24, 2.45) is 5.92 Å². The lowest BCUT2D eigenvalue weighted by Crippen LogP contribution is -2.44. The molecule has 0 saturated carbocycles. The molecule has 6 aromatic rings. The first-order valence-electron chi connectivity index (χ1n) is 17.2. The highest BCUT2D eigenvalue weighted by Crippen LogP contribution is 2.49. The van der Waals surface area contributed by atoms with Gasteiger partial charge in [0.15, 0.2) is 5.60 Å². The molecular weight excluding hydrogens is 638 g/mol. The van der Waals surface area contributed by atoms with Crippen LogP contribution < -0.4 is 9.80 Å². The fraction of sp³-hybridized carbons (Fsp3) is 0.190. The zero-order chi connectivity index (χ0) is 35.1. The maximum atomic E-state index is 14.3. The normalized spacial score (nSPS) is 17.9. The van der Waals surface area contributed by atoms with Crippen LogP contribution in [0.5, 0.6) is 0 Å². The SMILES string of the molecule is C[C@@H](/C=C/CCn1cc(C(CO)c2ccccc2)nn1)[C@]1(O)C(=O)N(Cc2ccccc2)c2ccc(N3C(=O)c4cccc5cccc3c45)cc21. The molecule has 2 amide bonds. The number of aliphatic hydroxyl groups excluding tert-OH is 1. The van der Waals surface area contributed by atoms with Gasteiger partial charge in [-0.15, -0.1) is 5.10 Å². The minimum atomic E-state index is -1.87. The smallest absolute Gasteiger partial charge is 0.264 e. The minimum absolute atomic E-state index is 0.0776. The first-order valence-corrected chi connectivity index (χ1v) is 17.2. The predicted molar refractivity (Wildman–Crippen MR) is 197 cm³/mol. The van der Waals surface area contributed by atoms with E-state index in [1.807, 2.05) is 134 Å². The zero-order valence-electron chi connectivity index (χ0n) is 28.1. The van der Waals surface area contributed by atoms with E-state index in [2.05, 4.69) is 10.3 Å². The average molecular weight is 676 g/mol. The third kappa shape index (κ3) is 5.51. The largest absolute Gasteiger partial charge is 0.395 e. The molecule has 9 heteroatoms. The van der Waals surface area contributed by atoms with E-state index in [4.69, 9.17) is 0 Å². The molecule has 0 fully saturated rings. The van der Waals surface area contributed by atoms with Crippen LogP contribution in [0.15, 0.2) is 134 Å². The van der Waals surface area contributed by atoms with Gasteiger partial charge in [-0.3, -0.25) is 19.2 Å². The Morgan fingerprint density at radius 3 is 2.37 bits per heavy atom. The number of hydrogen-bond acceptors (Lipinski definition) is 6. The second-order valence-electron chi connectivity index (χ2n) is 13.2. The van der Waals surface area contributed by atoms with E-state index in [1.54, 1.807) is 20.5 Å². The number of benzene rings is 5. The van der Waals surface area contributed by atoms with Crippen molar-refractivity contribution in [2.45, 2.75) is 38.0 Å². The number of hydrogen-bond donors (Lipinski definition) is 2. The van der Waals surface area contributed by atoms with Gasteiger partial charge in [0.1, 0.15) is 0 Å². The van der Waals surface area contributed by atoms with E-state index in [-0.39, 0.29) is 18.4 Å². The molecule has 0 aliphatic carbocycles. The average Bonchev–Trinajstić information content (AvgIpc) is 3.81. The molecule has 0 spiro atoms. The first-order chi connectivity index (χ1) is 24.9. The Hall–Kier alpha value is -5.90. The molecule has 8 rings (SSSR count). The minimum Gasteiger partial charge on any atom is -0.395 e. The first kappa shape index (κ1) is 32.3. The molecule has 51 heavy (non-hydrogen) atoms. The van der Waals surface area contributed by atoms with Gasteiger partial charge in [0.05, 0.1) is 41.7 Å². The number of nitrogens with zero attached hydrogens (tertiary/aromatic N) is 5. The molecule has 9 nitrogen and oxygen atoms in total. The van der Waals surface area contributed by atoms with Crippen molar-refractivity contribution in [2.75, 3.05) is 16.4 Å². The highest BCUT2D eigenvalue weighted by Gasteiger charge is 2.53. The molecule has 2 aliphatic rings. The van der Waals surface area contributed by atoms with Crippen molar-refractivity contribution in [3.05, 3.63) is 162 Å². The number of carbonyl (C=O) groups excluding carboxylic acids is 2. The van der Waals surface area contributed by atoms with Crippen molar-refractivity contribution in [3.8, 4) is 0 Å². The van der Waals surface area contributed by atoms with Crippen molar-refractivity contribution < 1.29 is 19.8 Å². The van der Waals surface area contributed by atoms with Gasteiger partial charge >= 0.3 is 0 Å². The van der Waals surface area contributed by atoms with E-state index >= 15 is 0 Å². The van der Waals surface area contributed by atoms with E-state index < -0.39 is 17.4 Å². The number of aliphatic hydroxyl groups is 2. The molecule has 3 atom stereocenters. The Kier molecular flexibility index (Phi) is 8.30. The maximum Gasteiger partial charge on any atom is 0.264 e. The summed E-state index contributed by atoms with van der Waals surface area (Å²) in [7, 11) is 0. The van der Waals surface area contributed by atoms with Gasteiger partial charge in [-0.25, -0.2) is 0 Å². The quantitative estimate of drug-likeness (QED) is 0.145. The van der Waals surface area contributed by atoms with E-state index in [0.29, 0.717) is 47.7 Å². The standard InChI is InChI=1S/C42H37N5O4/c1-28(12-8-9-23-45-26-36(43-44-45)34(27-48)30-15-6-3-7-16-30)42(51)35-24-32(21-22-37(35)46(41(42)50)25-29-13-4-2-5-14-29)47-38-20-11-18-31-17-10-19-33(39(31)38)40(47)49/h2-8,10-22,24,26,28,34,48,51H,9,23,25,27H2,1H3/b12-8+/t28-,34?,42+/m0/s1. The molecule has 1 aromatic heterocycles. The van der Waals surface area contributed by atoms with Crippen LogP contribution in [0.25, 0.3) is 10.8 Å². The van der Waals surface area contributed by atoms with Gasteiger partial charge in [-0.05, 0) is 53.3 Å². The van der Waals surface area contributed by atoms with Gasteiger partial charge in [0.25, 0.3) is 11.8 Å². The molecule has 1 unspecified atom stereocenters. The van der Waals surface area contributed by atoms with Gasteiger partial charge in [0.2, 0.25) is 0 Å². The summed E-state index contributed by atoms with van der Waals surface area (Å²) in [4.78, 5) is 31.5. The van der Waals surface area contributed by atoms with Crippen molar-refractivity contribution in [1.29, 1.82) is 0 Å². The third-order valence-corrected chi connectivity index (χ3v) is 10.2. The van der Waals surface area contributed by atoms with E-state index in [9.17, 15) is 19.8 Å². The molecular formula is C42H37N5O4. The van der Waals surface area contributed by atoms with Crippen LogP contribution in [0.4, 0.5) is 17.1 Å². The van der Waals surface area contributed by atoms with Gasteiger partial charge in [0, 0.05) is 35.3 Å². The molecule has 2 aliphatic heterocycles. The van der Waals surface area contributed by atoms with Gasteiger partial charge in [-0.2, -0.15) is 0 Å². The molecule has 3 heterocycles. The monoisotopic (exact) mass is 675 g/mol. The Labute approximate surface area is 295 Å². The summed E-state index contributed by atoms with van der Waals surface area (Å²) in [5.74, 6) is -1.42. The molecule has 0 saturated heterocycles. The number of fused-ring (bicyclic) bond motifs is 1. The van der Waals surface area contributed by atoms with Crippen LogP contribution in [-0.2, 0) is 23.5 Å². The second-order valence-corrected chi connectivity index (χ2v) is 13.2. The lowest BCUT2D eigenvalue weighted by Gasteiger charge is -2.28. The fourth-order valence-electron chi connectivity index (χ4n) is 7.45. The highest BCUT2D eigenvalue weighted by molar-refractivity contribution is 6.28. The summed E-state index contributed by atoms with van der Waals surface area (Å²) in [5, 5.41) is 33.0. The van der Waals surface area contributed by atoms with Crippen LogP contribution >= 0.6 is 0 Å². The lowest BCUT2D eigenvalue weighted by molar-refractivity contribution is -0.139. The second kappa shape index (κ2) is 13.1. The van der Waals surface area contributed by atoms with Crippen LogP contribution in [0.1, 0.15) is 52.0 Å². The van der Waals surface area contributed by atoms with Crippen molar-refractivity contribution >= 4 is 39.6 Å². The topological polar surface area (TPSA) is 112 Å². The van der Waals surface area contributed by atoms with Crippen molar-refractivity contribution in [1.82, 2.24) is 15.0 Å². The molecule has 5 aromatic carbocycles. The number of aromatic nitrogens is 3. The molecule has 0 radical (unpaired) electrons. The Morgan fingerprint density at radius 2 is 1.61 bits per heavy atom. The summed E-state index contributed by atoms with van der Waals surface area (Å²) < 4.78 is 1.74. The Bertz CT molecular complexity index is 2280. The fourth-order valence-corrected chi connectivity index (χ4v) is 7.45. The summed E-state index contributed by atoms with van der Waals surface area (Å²) in [6.07, 6.45) is 6.24. The van der Waals surface area contributed by atoms with E-state index in [1.165, 1.54) is 0 Å². The Morgan fingerprint density at radius 1 is 0.863 bits per heavy atom. The van der Waals surface area contributed by atoms with Crippen molar-refractivity contribution in [3.63, 3.8) is 0 Å². The number of aryl methyl sites for hydroxylation is 1. The lowest BCUT2D eigenvalue weighted by atomic mass is 9.82. The van der Waals surface area contributed by atoms with E-state index in [0.717, 1.165) is 27.6 Å². The number of carbonyl (C=O) groups is 2. The summed E-state index contributed by atoms with van der Waals surface area (Å²) in [6, 6.07) is 36.5. The van der Waals surface area contributed by atoms with Gasteiger partial charge in [-0.1, -0.05) is 109 Å². The molecule has 254 valence electrons. The number of amides is 2. The highest BCUT2D eigenvalue weighted by atomic mass is 16.3. The summed E-state index contributed by atoms with van der Waals surface area (Å²) in [5.41, 5.74) is 3.80. The van der Waals surface area contributed by atoms with Gasteiger partial charge < -0.3 is 15.1 Å².